The van der Waals surface area contributed by atoms with Crippen LogP contribution in [0.1, 0.15) is 49.9 Å². The summed E-state index contributed by atoms with van der Waals surface area (Å²) in [4.78, 5) is 12.1. The highest BCUT2D eigenvalue weighted by atomic mass is 19.1. The fourth-order valence-electron chi connectivity index (χ4n) is 4.16. The summed E-state index contributed by atoms with van der Waals surface area (Å²) in [6.07, 6.45) is 8.22. The number of hydrogen-bond donors (Lipinski definition) is 1. The van der Waals surface area contributed by atoms with Gasteiger partial charge in [0.2, 0.25) is 0 Å². The largest absolute Gasteiger partial charge is 0.355 e. The Hall–Kier alpha value is -2.68. The number of halogens is 1. The average Bonchev–Trinajstić information content (AvgIpc) is 2.60. The molecule has 1 heterocycles. The van der Waals surface area contributed by atoms with E-state index >= 15 is 0 Å². The van der Waals surface area contributed by atoms with Crippen molar-refractivity contribution >= 4 is 17.6 Å². The first-order chi connectivity index (χ1) is 13.1. The van der Waals surface area contributed by atoms with E-state index in [0.29, 0.717) is 16.8 Å². The molecule has 1 N–H and O–H groups in total. The second-order valence-corrected chi connectivity index (χ2v) is 8.69. The monoisotopic (exact) mass is 377 g/mol. The minimum Gasteiger partial charge on any atom is -0.355 e. The number of fused-ring (bicyclic) bond motifs is 2. The first-order valence-corrected chi connectivity index (χ1v) is 9.60. The topological polar surface area (TPSA) is 29.1 Å². The van der Waals surface area contributed by atoms with Crippen LogP contribution >= 0.6 is 0 Å². The third-order valence-electron chi connectivity index (χ3n) is 5.75. The van der Waals surface area contributed by atoms with Crippen molar-refractivity contribution in [3.8, 4) is 0 Å². The molecule has 1 aromatic carbocycles. The Labute approximate surface area is 167 Å². The van der Waals surface area contributed by atoms with E-state index in [4.69, 9.17) is 0 Å². The molecule has 1 atom stereocenters. The van der Waals surface area contributed by atoms with Crippen molar-refractivity contribution < 1.29 is 9.18 Å². The number of dihydropyridines is 1. The van der Waals surface area contributed by atoms with Crippen molar-refractivity contribution in [2.45, 2.75) is 41.0 Å². The Balaban J connectivity index is 2.35. The second-order valence-electron chi connectivity index (χ2n) is 8.69. The first kappa shape index (κ1) is 20.1. The zero-order chi connectivity index (χ0) is 20.8. The summed E-state index contributed by atoms with van der Waals surface area (Å²) in [5.74, 6) is -0.0739. The predicted octanol–water partition coefficient (Wildman–Crippen LogP) is 5.90. The quantitative estimate of drug-likeness (QED) is 0.665. The third kappa shape index (κ3) is 3.30. The SMILES string of the molecule is C=C/C=C\c1c(C)c(F)cc2c1CC(C(C)(C)C)C1=C2NC(=C)C(C(C)=O)=C1. The Morgan fingerprint density at radius 2 is 2.04 bits per heavy atom. The fourth-order valence-corrected chi connectivity index (χ4v) is 4.16. The van der Waals surface area contributed by atoms with E-state index in [9.17, 15) is 9.18 Å². The molecule has 1 aliphatic carbocycles. The summed E-state index contributed by atoms with van der Waals surface area (Å²) in [5, 5.41) is 3.32. The van der Waals surface area contributed by atoms with Gasteiger partial charge < -0.3 is 5.32 Å². The molecule has 0 aromatic heterocycles. The normalized spacial score (nSPS) is 19.1. The standard InChI is InChI=1S/C25H28FNO/c1-8-9-10-17-14(2)23(26)13-20-19(17)12-22(25(5,6)7)21-11-18(16(4)28)15(3)27-24(20)21/h8-11,13,22,27H,1,3,12H2,2,4-7H3/b10-9-. The molecule has 0 bridgehead atoms. The molecule has 28 heavy (non-hydrogen) atoms. The van der Waals surface area contributed by atoms with Gasteiger partial charge in [0.25, 0.3) is 0 Å². The zero-order valence-corrected chi connectivity index (χ0v) is 17.4. The highest BCUT2D eigenvalue weighted by Gasteiger charge is 2.38. The van der Waals surface area contributed by atoms with Gasteiger partial charge >= 0.3 is 0 Å². The van der Waals surface area contributed by atoms with Crippen LogP contribution in [-0.4, -0.2) is 5.78 Å². The molecule has 3 heteroatoms. The van der Waals surface area contributed by atoms with Gasteiger partial charge in [0.05, 0.1) is 0 Å². The average molecular weight is 378 g/mol. The summed E-state index contributed by atoms with van der Waals surface area (Å²) in [6, 6.07) is 1.61. The lowest BCUT2D eigenvalue weighted by molar-refractivity contribution is -0.113. The van der Waals surface area contributed by atoms with Crippen LogP contribution in [0.3, 0.4) is 0 Å². The maximum atomic E-state index is 14.8. The minimum atomic E-state index is -0.239. The smallest absolute Gasteiger partial charge is 0.161 e. The van der Waals surface area contributed by atoms with Crippen LogP contribution < -0.4 is 5.32 Å². The molecule has 0 fully saturated rings. The maximum Gasteiger partial charge on any atom is 0.161 e. The molecule has 3 rings (SSSR count). The van der Waals surface area contributed by atoms with E-state index < -0.39 is 0 Å². The Kier molecular flexibility index (Phi) is 5.05. The lowest BCUT2D eigenvalue weighted by Crippen LogP contribution is -2.34. The van der Waals surface area contributed by atoms with Crippen LogP contribution in [0.4, 0.5) is 4.39 Å². The van der Waals surface area contributed by atoms with E-state index in [1.165, 1.54) is 0 Å². The lowest BCUT2D eigenvalue weighted by Gasteiger charge is -2.40. The van der Waals surface area contributed by atoms with E-state index in [2.05, 4.69) is 39.2 Å². The van der Waals surface area contributed by atoms with Gasteiger partial charge in [0, 0.05) is 22.5 Å². The van der Waals surface area contributed by atoms with Gasteiger partial charge in [-0.25, -0.2) is 4.39 Å². The highest BCUT2D eigenvalue weighted by Crippen LogP contribution is 2.47. The zero-order valence-electron chi connectivity index (χ0n) is 17.4. The number of rotatable bonds is 3. The van der Waals surface area contributed by atoms with Crippen LogP contribution in [0.5, 0.6) is 0 Å². The molecule has 2 aliphatic rings. The molecule has 0 radical (unpaired) electrons. The Bertz CT molecular complexity index is 983. The van der Waals surface area contributed by atoms with E-state index in [0.717, 1.165) is 34.4 Å². The number of nitrogens with one attached hydrogen (secondary N) is 1. The number of carbonyl (C=O) groups excluding carboxylic acids is 1. The van der Waals surface area contributed by atoms with Gasteiger partial charge in [0.15, 0.2) is 5.78 Å². The van der Waals surface area contributed by atoms with Gasteiger partial charge in [-0.2, -0.15) is 0 Å². The summed E-state index contributed by atoms with van der Waals surface area (Å²) >= 11 is 0. The molecule has 0 saturated carbocycles. The molecule has 1 aromatic rings. The van der Waals surface area contributed by atoms with Gasteiger partial charge in [-0.1, -0.05) is 52.2 Å². The second kappa shape index (κ2) is 7.05. The van der Waals surface area contributed by atoms with Crippen LogP contribution in [0.15, 0.2) is 54.3 Å². The molecule has 146 valence electrons. The number of Topliss-reactive ketones (excluding diaryl/α,β-unsaturated/α-hetero) is 1. The Morgan fingerprint density at radius 3 is 2.61 bits per heavy atom. The fraction of sp³-hybridized carbons (Fsp3) is 0.320. The molecule has 1 unspecified atom stereocenters. The predicted molar refractivity (Wildman–Crippen MR) is 115 cm³/mol. The van der Waals surface area contributed by atoms with Crippen LogP contribution in [0, 0.1) is 24.1 Å². The minimum absolute atomic E-state index is 0.0211. The first-order valence-electron chi connectivity index (χ1n) is 9.60. The van der Waals surface area contributed by atoms with Crippen molar-refractivity contribution in [2.24, 2.45) is 11.3 Å². The molecule has 0 spiro atoms. The number of allylic oxidation sites excluding steroid dienone is 5. The van der Waals surface area contributed by atoms with Crippen LogP contribution in [0.25, 0.3) is 11.8 Å². The van der Waals surface area contributed by atoms with Crippen molar-refractivity contribution in [2.75, 3.05) is 0 Å². The summed E-state index contributed by atoms with van der Waals surface area (Å²) in [7, 11) is 0. The van der Waals surface area contributed by atoms with Crippen LogP contribution in [0.2, 0.25) is 0 Å². The van der Waals surface area contributed by atoms with Gasteiger partial charge in [-0.15, -0.1) is 0 Å². The number of ketones is 1. The van der Waals surface area contributed by atoms with Crippen molar-refractivity contribution in [3.63, 3.8) is 0 Å². The highest BCUT2D eigenvalue weighted by molar-refractivity contribution is 6.00. The van der Waals surface area contributed by atoms with Gasteiger partial charge in [-0.05, 0) is 66.0 Å². The van der Waals surface area contributed by atoms with Crippen molar-refractivity contribution in [1.82, 2.24) is 5.32 Å². The molecular formula is C25H28FNO. The molecule has 2 nitrogen and oxygen atoms in total. The Morgan fingerprint density at radius 1 is 1.36 bits per heavy atom. The third-order valence-corrected chi connectivity index (χ3v) is 5.75. The summed E-state index contributed by atoms with van der Waals surface area (Å²) < 4.78 is 14.8. The van der Waals surface area contributed by atoms with Gasteiger partial charge in [0.1, 0.15) is 5.82 Å². The number of hydrogen-bond acceptors (Lipinski definition) is 2. The van der Waals surface area contributed by atoms with E-state index in [-0.39, 0.29) is 22.9 Å². The van der Waals surface area contributed by atoms with Crippen molar-refractivity contribution in [3.05, 3.63) is 82.4 Å². The van der Waals surface area contributed by atoms with E-state index in [1.54, 1.807) is 19.1 Å². The molecule has 1 aliphatic heterocycles. The van der Waals surface area contributed by atoms with Gasteiger partial charge in [-0.3, -0.25) is 4.79 Å². The maximum absolute atomic E-state index is 14.8. The molecule has 0 saturated heterocycles. The number of carbonyl (C=O) groups is 1. The van der Waals surface area contributed by atoms with E-state index in [1.807, 2.05) is 25.2 Å². The summed E-state index contributed by atoms with van der Waals surface area (Å²) in [5.41, 5.74) is 6.57. The van der Waals surface area contributed by atoms with Crippen LogP contribution in [-0.2, 0) is 11.2 Å². The lowest BCUT2D eigenvalue weighted by atomic mass is 9.66. The number of benzene rings is 1. The summed E-state index contributed by atoms with van der Waals surface area (Å²) in [6.45, 7) is 17.7. The molecular weight excluding hydrogens is 349 g/mol. The molecule has 0 amide bonds. The van der Waals surface area contributed by atoms with Crippen molar-refractivity contribution in [1.29, 1.82) is 0 Å².